The minimum Gasteiger partial charge on any atom is -0.476 e. The molecule has 0 saturated heterocycles. The summed E-state index contributed by atoms with van der Waals surface area (Å²) in [5.74, 6) is -0.466. The van der Waals surface area contributed by atoms with E-state index in [1.54, 1.807) is 0 Å². The van der Waals surface area contributed by atoms with Crippen molar-refractivity contribution in [3.8, 4) is 0 Å². The van der Waals surface area contributed by atoms with Gasteiger partial charge in [0.15, 0.2) is 5.03 Å². The van der Waals surface area contributed by atoms with Crippen LogP contribution in [0.4, 0.5) is 0 Å². The average Bonchev–Trinajstić information content (AvgIpc) is 2.90. The number of rotatable bonds is 6. The molecule has 82 valence electrons. The van der Waals surface area contributed by atoms with Crippen LogP contribution < -0.4 is 0 Å². The van der Waals surface area contributed by atoms with E-state index in [0.29, 0.717) is 23.5 Å². The Kier molecular flexibility index (Phi) is 3.22. The fraction of sp³-hybridized carbons (Fsp3) is 0.625. The van der Waals surface area contributed by atoms with E-state index in [0.717, 1.165) is 12.8 Å². The van der Waals surface area contributed by atoms with Crippen LogP contribution in [0.3, 0.4) is 0 Å². The molecule has 1 aromatic rings. The number of carboxylic acids is 1. The van der Waals surface area contributed by atoms with Crippen LogP contribution in [0.1, 0.15) is 23.3 Å². The summed E-state index contributed by atoms with van der Waals surface area (Å²) in [6.45, 7) is 0.598. The lowest BCUT2D eigenvalue weighted by atomic mass is 10.5. The Balaban J connectivity index is 1.76. The minimum absolute atomic E-state index is 0.133. The Morgan fingerprint density at radius 2 is 2.40 bits per heavy atom. The van der Waals surface area contributed by atoms with E-state index in [1.165, 1.54) is 11.8 Å². The Morgan fingerprint density at radius 1 is 1.60 bits per heavy atom. The summed E-state index contributed by atoms with van der Waals surface area (Å²) < 4.78 is 9.76. The summed E-state index contributed by atoms with van der Waals surface area (Å²) in [5, 5.41) is 15.8. The summed E-state index contributed by atoms with van der Waals surface area (Å²) in [5.41, 5.74) is -0.133. The quantitative estimate of drug-likeness (QED) is 0.577. The van der Waals surface area contributed by atoms with Crippen molar-refractivity contribution in [2.75, 3.05) is 12.4 Å². The minimum atomic E-state index is -1.12. The second-order valence-corrected chi connectivity index (χ2v) is 4.23. The second kappa shape index (κ2) is 4.63. The molecular formula is C8H10N2O4S. The lowest BCUT2D eigenvalue weighted by molar-refractivity contribution is 0.0682. The summed E-state index contributed by atoms with van der Waals surface area (Å²) in [6.07, 6.45) is 2.69. The first-order chi connectivity index (χ1) is 7.27. The van der Waals surface area contributed by atoms with E-state index in [2.05, 4.69) is 14.9 Å². The largest absolute Gasteiger partial charge is 0.476 e. The van der Waals surface area contributed by atoms with Crippen molar-refractivity contribution in [3.63, 3.8) is 0 Å². The first kappa shape index (κ1) is 10.4. The van der Waals surface area contributed by atoms with Crippen LogP contribution in [0.2, 0.25) is 0 Å². The standard InChI is InChI=1S/C8H10N2O4S/c11-8(12)6-7(10-14-9-6)15-4-3-13-5-1-2-5/h5H,1-4H2,(H,11,12). The van der Waals surface area contributed by atoms with Gasteiger partial charge in [-0.1, -0.05) is 11.8 Å². The molecule has 0 aromatic carbocycles. The van der Waals surface area contributed by atoms with Gasteiger partial charge in [0.25, 0.3) is 0 Å². The first-order valence-corrected chi connectivity index (χ1v) is 5.56. The van der Waals surface area contributed by atoms with Gasteiger partial charge < -0.3 is 9.84 Å². The smallest absolute Gasteiger partial charge is 0.361 e. The maximum Gasteiger partial charge on any atom is 0.361 e. The molecule has 1 saturated carbocycles. The van der Waals surface area contributed by atoms with Gasteiger partial charge >= 0.3 is 5.97 Å². The topological polar surface area (TPSA) is 85.5 Å². The highest BCUT2D eigenvalue weighted by molar-refractivity contribution is 7.99. The van der Waals surface area contributed by atoms with Gasteiger partial charge in [-0.05, 0) is 23.2 Å². The number of carbonyl (C=O) groups is 1. The van der Waals surface area contributed by atoms with E-state index in [-0.39, 0.29) is 5.69 Å². The van der Waals surface area contributed by atoms with Crippen molar-refractivity contribution in [2.24, 2.45) is 0 Å². The molecule has 1 N–H and O–H groups in total. The Bertz CT molecular complexity index is 350. The lowest BCUT2D eigenvalue weighted by Crippen LogP contribution is -2.01. The van der Waals surface area contributed by atoms with E-state index in [1.807, 2.05) is 0 Å². The molecule has 6 nitrogen and oxygen atoms in total. The molecule has 0 bridgehead atoms. The summed E-state index contributed by atoms with van der Waals surface area (Å²) >= 11 is 1.28. The van der Waals surface area contributed by atoms with Gasteiger partial charge in [-0.25, -0.2) is 9.42 Å². The van der Waals surface area contributed by atoms with E-state index < -0.39 is 5.97 Å². The Morgan fingerprint density at radius 3 is 3.07 bits per heavy atom. The van der Waals surface area contributed by atoms with E-state index in [4.69, 9.17) is 9.84 Å². The van der Waals surface area contributed by atoms with Gasteiger partial charge in [0.1, 0.15) is 0 Å². The normalized spacial score (nSPS) is 15.5. The second-order valence-electron chi connectivity index (χ2n) is 3.14. The molecule has 0 amide bonds. The van der Waals surface area contributed by atoms with Crippen LogP contribution in [0.15, 0.2) is 9.65 Å². The Hall–Kier alpha value is -1.08. The maximum atomic E-state index is 10.6. The third-order valence-electron chi connectivity index (χ3n) is 1.86. The first-order valence-electron chi connectivity index (χ1n) is 4.57. The molecule has 0 radical (unpaired) electrons. The van der Waals surface area contributed by atoms with Crippen molar-refractivity contribution in [3.05, 3.63) is 5.69 Å². The molecule has 1 aliphatic rings. The van der Waals surface area contributed by atoms with Crippen molar-refractivity contribution < 1.29 is 19.3 Å². The van der Waals surface area contributed by atoms with Crippen molar-refractivity contribution in [1.29, 1.82) is 0 Å². The van der Waals surface area contributed by atoms with Gasteiger partial charge in [0.2, 0.25) is 5.69 Å². The SMILES string of the molecule is O=C(O)c1nonc1SCCOC1CC1. The monoisotopic (exact) mass is 230 g/mol. The van der Waals surface area contributed by atoms with Crippen LogP contribution in [0, 0.1) is 0 Å². The highest BCUT2D eigenvalue weighted by Crippen LogP contribution is 2.24. The van der Waals surface area contributed by atoms with Gasteiger partial charge in [0.05, 0.1) is 12.7 Å². The van der Waals surface area contributed by atoms with Gasteiger partial charge in [-0.15, -0.1) is 0 Å². The van der Waals surface area contributed by atoms with Crippen LogP contribution >= 0.6 is 11.8 Å². The van der Waals surface area contributed by atoms with Crippen LogP contribution in [0.5, 0.6) is 0 Å². The fourth-order valence-electron chi connectivity index (χ4n) is 0.994. The van der Waals surface area contributed by atoms with Gasteiger partial charge in [0, 0.05) is 5.75 Å². The number of thioether (sulfide) groups is 1. The van der Waals surface area contributed by atoms with Gasteiger partial charge in [-0.3, -0.25) is 0 Å². The molecule has 1 fully saturated rings. The summed E-state index contributed by atoms with van der Waals surface area (Å²) in [6, 6.07) is 0. The number of nitrogens with zero attached hydrogens (tertiary/aromatic N) is 2. The zero-order valence-corrected chi connectivity index (χ0v) is 8.70. The average molecular weight is 230 g/mol. The van der Waals surface area contributed by atoms with Crippen LogP contribution in [-0.2, 0) is 4.74 Å². The number of hydrogen-bond donors (Lipinski definition) is 1. The summed E-state index contributed by atoms with van der Waals surface area (Å²) in [4.78, 5) is 10.6. The fourth-order valence-corrected chi connectivity index (χ4v) is 1.71. The molecule has 1 aromatic heterocycles. The van der Waals surface area contributed by atoms with Crippen molar-refractivity contribution in [1.82, 2.24) is 10.3 Å². The molecule has 0 atom stereocenters. The Labute approximate surface area is 89.9 Å². The lowest BCUT2D eigenvalue weighted by Gasteiger charge is -1.99. The number of aromatic carboxylic acids is 1. The third kappa shape index (κ3) is 2.93. The summed E-state index contributed by atoms with van der Waals surface area (Å²) in [7, 11) is 0. The predicted octanol–water partition coefficient (Wildman–Crippen LogP) is 1.04. The zero-order valence-electron chi connectivity index (χ0n) is 7.88. The number of carboxylic acid groups (broad SMARTS) is 1. The van der Waals surface area contributed by atoms with E-state index in [9.17, 15) is 4.79 Å². The molecule has 2 rings (SSSR count). The number of ether oxygens (including phenoxy) is 1. The van der Waals surface area contributed by atoms with Crippen molar-refractivity contribution >= 4 is 17.7 Å². The zero-order chi connectivity index (χ0) is 10.7. The molecular weight excluding hydrogens is 220 g/mol. The van der Waals surface area contributed by atoms with Crippen LogP contribution in [0.25, 0.3) is 0 Å². The number of aromatic nitrogens is 2. The molecule has 1 aliphatic carbocycles. The van der Waals surface area contributed by atoms with Crippen molar-refractivity contribution in [2.45, 2.75) is 24.0 Å². The molecule has 1 heterocycles. The number of hydrogen-bond acceptors (Lipinski definition) is 6. The highest BCUT2D eigenvalue weighted by Gasteiger charge is 2.22. The molecule has 7 heteroatoms. The molecule has 0 spiro atoms. The van der Waals surface area contributed by atoms with E-state index >= 15 is 0 Å². The predicted molar refractivity (Wildman–Crippen MR) is 51.0 cm³/mol. The van der Waals surface area contributed by atoms with Gasteiger partial charge in [-0.2, -0.15) is 0 Å². The molecule has 15 heavy (non-hydrogen) atoms. The molecule has 0 unspecified atom stereocenters. The highest BCUT2D eigenvalue weighted by atomic mass is 32.2. The third-order valence-corrected chi connectivity index (χ3v) is 2.77. The molecule has 0 aliphatic heterocycles. The maximum absolute atomic E-state index is 10.6. The van der Waals surface area contributed by atoms with Crippen LogP contribution in [-0.4, -0.2) is 39.9 Å².